The first kappa shape index (κ1) is 36.7. The zero-order valence-corrected chi connectivity index (χ0v) is 34.9. The van der Waals surface area contributed by atoms with Crippen molar-refractivity contribution in [2.45, 2.75) is 13.3 Å². The Morgan fingerprint density at radius 2 is 0.905 bits per heavy atom. The number of benzene rings is 7. The first-order valence-corrected chi connectivity index (χ1v) is 21.8. The summed E-state index contributed by atoms with van der Waals surface area (Å²) in [5, 5.41) is 3.69. The number of hydrogen-bond donors (Lipinski definition) is 0. The molecule has 63 heavy (non-hydrogen) atoms. The fourth-order valence-electron chi connectivity index (χ4n) is 9.61. The molecule has 1 aliphatic carbocycles. The summed E-state index contributed by atoms with van der Waals surface area (Å²) < 4.78 is 4.79. The normalized spacial score (nSPS) is 13.5. The van der Waals surface area contributed by atoms with Crippen molar-refractivity contribution < 1.29 is 0 Å². The molecular weight excluding hydrogens is 765 g/mol. The third-order valence-corrected chi connectivity index (χ3v) is 12.7. The van der Waals surface area contributed by atoms with Gasteiger partial charge < -0.3 is 4.57 Å². The largest absolute Gasteiger partial charge is 0.309 e. The second kappa shape index (κ2) is 15.1. The van der Waals surface area contributed by atoms with Crippen molar-refractivity contribution in [2.24, 2.45) is 5.92 Å². The summed E-state index contributed by atoms with van der Waals surface area (Å²) in [6, 6.07) is 73.8. The number of rotatable bonds is 7. The Bertz CT molecular complexity index is 3410. The number of fused-ring (bicyclic) bond motifs is 6. The Kier molecular flexibility index (Phi) is 8.82. The van der Waals surface area contributed by atoms with Crippen LogP contribution in [0, 0.1) is 5.92 Å². The monoisotopic (exact) mass is 806 g/mol. The molecule has 4 nitrogen and oxygen atoms in total. The molecule has 1 unspecified atom stereocenters. The Labute approximate surface area is 366 Å². The molecule has 4 heteroatoms. The Morgan fingerprint density at radius 3 is 1.52 bits per heavy atom. The first-order valence-electron chi connectivity index (χ1n) is 21.8. The van der Waals surface area contributed by atoms with Gasteiger partial charge in [-0.25, -0.2) is 9.97 Å². The third kappa shape index (κ3) is 6.47. The minimum absolute atomic E-state index is 0.441. The van der Waals surface area contributed by atoms with Crippen LogP contribution in [0.4, 0.5) is 0 Å². The maximum absolute atomic E-state index is 5.36. The number of para-hydroxylation sites is 1. The number of aromatic nitrogens is 4. The average Bonchev–Trinajstić information content (AvgIpc) is 3.86. The lowest BCUT2D eigenvalue weighted by Crippen LogP contribution is -2.06. The zero-order chi connectivity index (χ0) is 41.9. The summed E-state index contributed by atoms with van der Waals surface area (Å²) in [5.41, 5.74) is 18.0. The van der Waals surface area contributed by atoms with Crippen molar-refractivity contribution in [3.05, 3.63) is 224 Å². The van der Waals surface area contributed by atoms with Gasteiger partial charge in [-0.05, 0) is 101 Å². The molecule has 298 valence electrons. The molecule has 4 aromatic heterocycles. The lowest BCUT2D eigenvalue weighted by Gasteiger charge is -2.17. The molecule has 0 saturated carbocycles. The molecule has 0 bridgehead atoms. The van der Waals surface area contributed by atoms with Gasteiger partial charge in [-0.3, -0.25) is 4.57 Å². The smallest absolute Gasteiger partial charge is 0.138 e. The van der Waals surface area contributed by atoms with Gasteiger partial charge in [0, 0.05) is 38.5 Å². The summed E-state index contributed by atoms with van der Waals surface area (Å²) in [5.74, 6) is 1.34. The second-order valence-electron chi connectivity index (χ2n) is 16.7. The maximum atomic E-state index is 5.36. The highest BCUT2D eigenvalue weighted by Crippen LogP contribution is 2.41. The van der Waals surface area contributed by atoms with Crippen LogP contribution >= 0.6 is 0 Å². The summed E-state index contributed by atoms with van der Waals surface area (Å²) in [6.45, 7) is 2.32. The highest BCUT2D eigenvalue weighted by molar-refractivity contribution is 6.10. The molecule has 12 rings (SSSR count). The van der Waals surface area contributed by atoms with Crippen molar-refractivity contribution in [1.29, 1.82) is 0 Å². The molecule has 0 radical (unpaired) electrons. The molecular formula is C59H42N4. The topological polar surface area (TPSA) is 35.6 Å². The van der Waals surface area contributed by atoms with Crippen molar-refractivity contribution in [3.63, 3.8) is 0 Å². The predicted molar refractivity (Wildman–Crippen MR) is 262 cm³/mol. The van der Waals surface area contributed by atoms with E-state index in [1.54, 1.807) is 0 Å². The van der Waals surface area contributed by atoms with E-state index in [4.69, 9.17) is 9.97 Å². The Balaban J connectivity index is 1.02. The van der Waals surface area contributed by atoms with Gasteiger partial charge in [0.1, 0.15) is 5.82 Å². The highest BCUT2D eigenvalue weighted by Gasteiger charge is 2.23. The lowest BCUT2D eigenvalue weighted by molar-refractivity contribution is 0.718. The van der Waals surface area contributed by atoms with Crippen molar-refractivity contribution in [3.8, 4) is 67.5 Å². The number of hydrogen-bond acceptors (Lipinski definition) is 2. The van der Waals surface area contributed by atoms with Gasteiger partial charge in [0.25, 0.3) is 0 Å². The zero-order valence-electron chi connectivity index (χ0n) is 34.9. The van der Waals surface area contributed by atoms with Gasteiger partial charge in [0.2, 0.25) is 0 Å². The lowest BCUT2D eigenvalue weighted by atomic mass is 9.92. The molecule has 4 heterocycles. The quantitative estimate of drug-likeness (QED) is 0.161. The van der Waals surface area contributed by atoms with Crippen LogP contribution in [0.25, 0.3) is 106 Å². The second-order valence-corrected chi connectivity index (χ2v) is 16.7. The van der Waals surface area contributed by atoms with Gasteiger partial charge in [-0.2, -0.15) is 0 Å². The fourth-order valence-corrected chi connectivity index (χ4v) is 9.61. The first-order chi connectivity index (χ1) is 31.1. The molecule has 0 aliphatic heterocycles. The summed E-state index contributed by atoms with van der Waals surface area (Å²) in [6.07, 6.45) is 5.67. The van der Waals surface area contributed by atoms with Crippen molar-refractivity contribution >= 4 is 38.8 Å². The van der Waals surface area contributed by atoms with Crippen LogP contribution in [0.5, 0.6) is 0 Å². The number of allylic oxidation sites excluding steroid dienone is 1. The fraction of sp³-hybridized carbons (Fsp3) is 0.0508. The van der Waals surface area contributed by atoms with E-state index >= 15 is 0 Å². The van der Waals surface area contributed by atoms with Crippen LogP contribution < -0.4 is 0 Å². The molecule has 11 aromatic rings. The third-order valence-electron chi connectivity index (χ3n) is 12.7. The molecule has 1 atom stereocenters. The molecule has 0 amide bonds. The van der Waals surface area contributed by atoms with Gasteiger partial charge in [-0.1, -0.05) is 165 Å². The van der Waals surface area contributed by atoms with Crippen molar-refractivity contribution in [1.82, 2.24) is 19.1 Å². The molecule has 0 fully saturated rings. The van der Waals surface area contributed by atoms with E-state index in [-0.39, 0.29) is 0 Å². The van der Waals surface area contributed by atoms with Crippen LogP contribution in [0.1, 0.15) is 18.2 Å². The Morgan fingerprint density at radius 1 is 0.397 bits per heavy atom. The highest BCUT2D eigenvalue weighted by atomic mass is 15.1. The molecule has 7 aromatic carbocycles. The van der Waals surface area contributed by atoms with Crippen LogP contribution in [0.15, 0.2) is 212 Å². The van der Waals surface area contributed by atoms with E-state index in [0.29, 0.717) is 5.92 Å². The van der Waals surface area contributed by atoms with Crippen LogP contribution in [0.3, 0.4) is 0 Å². The average molecular weight is 807 g/mol. The van der Waals surface area contributed by atoms with Crippen molar-refractivity contribution in [2.75, 3.05) is 0 Å². The molecule has 0 N–H and O–H groups in total. The van der Waals surface area contributed by atoms with Gasteiger partial charge in [0.05, 0.1) is 39.3 Å². The predicted octanol–water partition coefficient (Wildman–Crippen LogP) is 15.1. The van der Waals surface area contributed by atoms with Crippen LogP contribution in [-0.4, -0.2) is 19.1 Å². The van der Waals surface area contributed by atoms with E-state index in [9.17, 15) is 0 Å². The summed E-state index contributed by atoms with van der Waals surface area (Å²) in [7, 11) is 0. The maximum Gasteiger partial charge on any atom is 0.138 e. The standard InChI is InChI=1S/C59H42N4/c1-39-26-29-56-49(32-39)51-34-45(27-30-57(51)62(56)47-37-53(42-20-10-4-11-21-42)60-54(38-47)43-22-12-5-13-23-43)44-28-31-58-50(33-44)48-24-14-15-25-55(48)63(58)59-36-46(40-16-6-2-7-17-40)35-52(61-59)41-18-8-3-9-19-41/h2-31,33-39H,32H2,1H3. The molecule has 1 aliphatic rings. The van der Waals surface area contributed by atoms with E-state index in [1.165, 1.54) is 44.1 Å². The number of nitrogens with zero attached hydrogens (tertiary/aromatic N) is 4. The Hall–Kier alpha value is -8.08. The minimum atomic E-state index is 0.441. The van der Waals surface area contributed by atoms with E-state index < -0.39 is 0 Å². The van der Waals surface area contributed by atoms with E-state index in [0.717, 1.165) is 73.9 Å². The van der Waals surface area contributed by atoms with E-state index in [2.05, 4.69) is 234 Å². The number of pyridine rings is 2. The molecule has 0 spiro atoms. The van der Waals surface area contributed by atoms with E-state index in [1.807, 2.05) is 0 Å². The summed E-state index contributed by atoms with van der Waals surface area (Å²) in [4.78, 5) is 10.6. The van der Waals surface area contributed by atoms with Crippen LogP contribution in [0.2, 0.25) is 0 Å². The van der Waals surface area contributed by atoms with Gasteiger partial charge >= 0.3 is 0 Å². The van der Waals surface area contributed by atoms with Crippen LogP contribution in [-0.2, 0) is 6.42 Å². The van der Waals surface area contributed by atoms with Gasteiger partial charge in [0.15, 0.2) is 0 Å². The van der Waals surface area contributed by atoms with Gasteiger partial charge in [-0.15, -0.1) is 0 Å². The minimum Gasteiger partial charge on any atom is -0.309 e. The summed E-state index contributed by atoms with van der Waals surface area (Å²) >= 11 is 0. The SMILES string of the molecule is CC1C=Cc2c(c3cc(-c4ccc5c(c4)c4ccccc4n5-c4cc(-c5ccccc5)cc(-c5ccccc5)n4)ccc3n2-c2cc(-c3ccccc3)nc(-c3ccccc3)c2)C1. The molecule has 0 saturated heterocycles.